The number of rotatable bonds is 9. The molecule has 1 N–H and O–H groups in total. The van der Waals surface area contributed by atoms with E-state index < -0.39 is 0 Å². The van der Waals surface area contributed by atoms with Crippen molar-refractivity contribution < 1.29 is 9.50 Å². The highest BCUT2D eigenvalue weighted by Gasteiger charge is 2.45. The molecular formula is C27H37FN2O. The maximum atomic E-state index is 13.4. The van der Waals surface area contributed by atoms with Crippen molar-refractivity contribution >= 4 is 6.08 Å². The summed E-state index contributed by atoms with van der Waals surface area (Å²) in [5.74, 6) is 0.0793. The van der Waals surface area contributed by atoms with Crippen LogP contribution in [0.2, 0.25) is 0 Å². The number of aliphatic hydroxyl groups excluding tert-OH is 1. The zero-order valence-electron chi connectivity index (χ0n) is 19.1. The predicted molar refractivity (Wildman–Crippen MR) is 125 cm³/mol. The molecule has 1 aromatic heterocycles. The summed E-state index contributed by atoms with van der Waals surface area (Å²) in [5.41, 5.74) is 4.68. The predicted octanol–water partition coefficient (Wildman–Crippen LogP) is 6.87. The van der Waals surface area contributed by atoms with Gasteiger partial charge in [-0.15, -0.1) is 0 Å². The number of benzene rings is 1. The van der Waals surface area contributed by atoms with E-state index in [1.165, 1.54) is 55.4 Å². The largest absolute Gasteiger partial charge is 0.393 e. The van der Waals surface area contributed by atoms with Gasteiger partial charge in [0.25, 0.3) is 0 Å². The molecule has 1 fully saturated rings. The number of hydrogen-bond acceptors (Lipinski definition) is 2. The molecule has 0 amide bonds. The molecule has 1 unspecified atom stereocenters. The van der Waals surface area contributed by atoms with Crippen molar-refractivity contribution in [3.63, 3.8) is 0 Å². The summed E-state index contributed by atoms with van der Waals surface area (Å²) in [6.45, 7) is 4.60. The van der Waals surface area contributed by atoms with E-state index in [9.17, 15) is 9.50 Å². The van der Waals surface area contributed by atoms with Crippen LogP contribution in [-0.4, -0.2) is 21.0 Å². The third-order valence-corrected chi connectivity index (χ3v) is 7.66. The van der Waals surface area contributed by atoms with Gasteiger partial charge in [-0.1, -0.05) is 57.9 Å². The molecule has 1 heterocycles. The van der Waals surface area contributed by atoms with Crippen molar-refractivity contribution in [2.75, 3.05) is 0 Å². The molecule has 3 atom stereocenters. The van der Waals surface area contributed by atoms with Crippen molar-refractivity contribution in [1.29, 1.82) is 0 Å². The molecule has 1 aromatic carbocycles. The molecule has 2 aromatic rings. The first-order valence-corrected chi connectivity index (χ1v) is 12.2. The van der Waals surface area contributed by atoms with E-state index in [-0.39, 0.29) is 17.3 Å². The van der Waals surface area contributed by atoms with E-state index in [4.69, 9.17) is 0 Å². The van der Waals surface area contributed by atoms with Crippen LogP contribution in [0.4, 0.5) is 4.39 Å². The van der Waals surface area contributed by atoms with Gasteiger partial charge in [-0.3, -0.25) is 0 Å². The minimum absolute atomic E-state index is 0.00351. The Balaban J connectivity index is 1.48. The minimum atomic E-state index is -0.231. The summed E-state index contributed by atoms with van der Waals surface area (Å²) >= 11 is 0. The smallest absolute Gasteiger partial charge is 0.123 e. The Labute approximate surface area is 186 Å². The van der Waals surface area contributed by atoms with Crippen LogP contribution < -0.4 is 0 Å². The average molecular weight is 425 g/mol. The van der Waals surface area contributed by atoms with Crippen LogP contribution >= 0.6 is 0 Å². The average Bonchev–Trinajstić information content (AvgIpc) is 3.16. The number of hydrogen-bond donors (Lipinski definition) is 1. The van der Waals surface area contributed by atoms with Crippen LogP contribution in [0.3, 0.4) is 0 Å². The zero-order valence-corrected chi connectivity index (χ0v) is 19.1. The monoisotopic (exact) mass is 424 g/mol. The lowest BCUT2D eigenvalue weighted by Crippen LogP contribution is -2.43. The van der Waals surface area contributed by atoms with E-state index in [0.29, 0.717) is 5.92 Å². The first-order valence-electron chi connectivity index (χ1n) is 12.2. The van der Waals surface area contributed by atoms with E-state index in [1.807, 2.05) is 10.9 Å². The fraction of sp³-hybridized carbons (Fsp3) is 0.593. The second-order valence-electron chi connectivity index (χ2n) is 9.83. The zero-order chi connectivity index (χ0) is 21.8. The summed E-state index contributed by atoms with van der Waals surface area (Å²) in [4.78, 5) is 0. The molecule has 2 aliphatic carbocycles. The standard InChI is InChI=1S/C27H37FN2O/c1-3-4-5-6-7-8-12-26(31)24-11-9-10-21-17-25-20(18-27(21,24)2)19-29-30(25)23-15-13-22(28)14-16-23/h13-17,19,24,26,31H,3-12,18H2,1-2H3/t24-,26?,27+/m1/s1. The van der Waals surface area contributed by atoms with Gasteiger partial charge in [-0.05, 0) is 79.3 Å². The lowest BCUT2D eigenvalue weighted by atomic mass is 9.58. The molecule has 0 radical (unpaired) electrons. The van der Waals surface area contributed by atoms with E-state index in [0.717, 1.165) is 49.9 Å². The summed E-state index contributed by atoms with van der Waals surface area (Å²) in [6.07, 6.45) is 16.8. The van der Waals surface area contributed by atoms with Gasteiger partial charge < -0.3 is 5.11 Å². The molecule has 0 bridgehead atoms. The topological polar surface area (TPSA) is 38.1 Å². The normalized spacial score (nSPS) is 23.7. The SMILES string of the molecule is CCCCCCCCC(O)[C@H]1CCCC2=Cc3c(cnn3-c3ccc(F)cc3)C[C@@]21C. The lowest BCUT2D eigenvalue weighted by Gasteiger charge is -2.47. The summed E-state index contributed by atoms with van der Waals surface area (Å²) < 4.78 is 15.3. The highest BCUT2D eigenvalue weighted by molar-refractivity contribution is 5.61. The van der Waals surface area contributed by atoms with Crippen LogP contribution in [0.15, 0.2) is 36.0 Å². The van der Waals surface area contributed by atoms with Crippen molar-refractivity contribution in [3.05, 3.63) is 53.1 Å². The number of unbranched alkanes of at least 4 members (excludes halogenated alkanes) is 5. The Hall–Kier alpha value is -1.94. The Bertz CT molecular complexity index is 900. The molecular weight excluding hydrogens is 387 g/mol. The van der Waals surface area contributed by atoms with Gasteiger partial charge in [0.05, 0.1) is 23.7 Å². The Morgan fingerprint density at radius 3 is 2.68 bits per heavy atom. The highest BCUT2D eigenvalue weighted by Crippen LogP contribution is 2.52. The van der Waals surface area contributed by atoms with Crippen LogP contribution in [0.1, 0.15) is 89.3 Å². The van der Waals surface area contributed by atoms with Gasteiger partial charge in [0, 0.05) is 0 Å². The highest BCUT2D eigenvalue weighted by atomic mass is 19.1. The van der Waals surface area contributed by atoms with Crippen molar-refractivity contribution in [2.24, 2.45) is 11.3 Å². The molecule has 1 saturated carbocycles. The maximum Gasteiger partial charge on any atom is 0.123 e. The van der Waals surface area contributed by atoms with Gasteiger partial charge in [0.1, 0.15) is 5.82 Å². The van der Waals surface area contributed by atoms with Gasteiger partial charge in [-0.25, -0.2) is 9.07 Å². The Kier molecular flexibility index (Phi) is 6.95. The van der Waals surface area contributed by atoms with E-state index >= 15 is 0 Å². The summed E-state index contributed by atoms with van der Waals surface area (Å²) in [7, 11) is 0. The molecule has 3 nitrogen and oxygen atoms in total. The number of halogens is 1. The first kappa shape index (κ1) is 22.3. The van der Waals surface area contributed by atoms with Crippen molar-refractivity contribution in [3.8, 4) is 5.69 Å². The van der Waals surface area contributed by atoms with Gasteiger partial charge in [0.2, 0.25) is 0 Å². The second-order valence-corrected chi connectivity index (χ2v) is 9.83. The van der Waals surface area contributed by atoms with Crippen LogP contribution in [0.25, 0.3) is 11.8 Å². The van der Waals surface area contributed by atoms with Crippen molar-refractivity contribution in [1.82, 2.24) is 9.78 Å². The van der Waals surface area contributed by atoms with Crippen LogP contribution in [-0.2, 0) is 6.42 Å². The van der Waals surface area contributed by atoms with E-state index in [1.54, 1.807) is 12.1 Å². The Morgan fingerprint density at radius 2 is 1.90 bits per heavy atom. The quantitative estimate of drug-likeness (QED) is 0.446. The molecule has 4 heteroatoms. The first-order chi connectivity index (χ1) is 15.0. The lowest BCUT2D eigenvalue weighted by molar-refractivity contribution is 0.0162. The molecule has 0 saturated heterocycles. The van der Waals surface area contributed by atoms with E-state index in [2.05, 4.69) is 25.0 Å². The number of aliphatic hydroxyl groups is 1. The third-order valence-electron chi connectivity index (χ3n) is 7.66. The number of allylic oxidation sites excluding steroid dienone is 1. The Morgan fingerprint density at radius 1 is 1.16 bits per heavy atom. The van der Waals surface area contributed by atoms with Gasteiger partial charge >= 0.3 is 0 Å². The second kappa shape index (κ2) is 9.68. The third kappa shape index (κ3) is 4.64. The fourth-order valence-electron chi connectivity index (χ4n) is 5.82. The molecule has 0 aliphatic heterocycles. The van der Waals surface area contributed by atoms with Gasteiger partial charge in [-0.2, -0.15) is 5.10 Å². The number of fused-ring (bicyclic) bond motifs is 2. The van der Waals surface area contributed by atoms with Crippen molar-refractivity contribution in [2.45, 2.75) is 90.6 Å². The molecule has 4 rings (SSSR count). The minimum Gasteiger partial charge on any atom is -0.393 e. The fourth-order valence-corrected chi connectivity index (χ4v) is 5.82. The van der Waals surface area contributed by atoms with Crippen LogP contribution in [0, 0.1) is 17.2 Å². The molecule has 0 spiro atoms. The summed E-state index contributed by atoms with van der Waals surface area (Å²) in [5, 5.41) is 15.8. The maximum absolute atomic E-state index is 13.4. The molecule has 31 heavy (non-hydrogen) atoms. The molecule has 2 aliphatic rings. The van der Waals surface area contributed by atoms with Gasteiger partial charge in [0.15, 0.2) is 0 Å². The molecule has 168 valence electrons. The number of aromatic nitrogens is 2. The number of nitrogens with zero attached hydrogens (tertiary/aromatic N) is 2. The van der Waals surface area contributed by atoms with Crippen LogP contribution in [0.5, 0.6) is 0 Å². The summed E-state index contributed by atoms with van der Waals surface area (Å²) in [6, 6.07) is 6.53.